The van der Waals surface area contributed by atoms with E-state index in [0.717, 1.165) is 75.9 Å². The Morgan fingerprint density at radius 1 is 0.420 bits per heavy atom. The summed E-state index contributed by atoms with van der Waals surface area (Å²) >= 11 is 1.68. The maximum Gasteiger partial charge on any atom is 0.164 e. The number of fused-ring (bicyclic) bond motifs is 5. The van der Waals surface area contributed by atoms with Gasteiger partial charge in [0.25, 0.3) is 0 Å². The highest BCUT2D eigenvalue weighted by Crippen LogP contribution is 2.40. The molecule has 0 saturated carbocycles. The van der Waals surface area contributed by atoms with Crippen LogP contribution in [-0.2, 0) is 0 Å². The Kier molecular flexibility index (Phi) is 6.60. The van der Waals surface area contributed by atoms with Crippen molar-refractivity contribution in [3.05, 3.63) is 158 Å². The minimum atomic E-state index is 0.589. The van der Waals surface area contributed by atoms with Gasteiger partial charge in [0.15, 0.2) is 17.5 Å². The average molecular weight is 659 g/mol. The van der Waals surface area contributed by atoms with E-state index < -0.39 is 0 Å². The van der Waals surface area contributed by atoms with Gasteiger partial charge in [-0.3, -0.25) is 0 Å². The molecule has 7 aromatic carbocycles. The van der Waals surface area contributed by atoms with Crippen LogP contribution >= 0.6 is 11.3 Å². The quantitative estimate of drug-likeness (QED) is 0.184. The van der Waals surface area contributed by atoms with E-state index in [1.807, 2.05) is 42.5 Å². The molecule has 0 spiro atoms. The molecule has 0 saturated heterocycles. The SMILES string of the molecule is c1ccc(-c2cccc(-c3nc(-c4ccc5ccccc5c4)nc(-c4cccc5oc6cc7nc(-c8ccccc8)sc7cc6c45)n3)c2)cc1. The summed E-state index contributed by atoms with van der Waals surface area (Å²) in [5.41, 5.74) is 8.55. The van der Waals surface area contributed by atoms with Crippen LogP contribution < -0.4 is 0 Å². The number of aromatic nitrogens is 4. The van der Waals surface area contributed by atoms with E-state index in [1.54, 1.807) is 11.3 Å². The molecule has 0 aliphatic heterocycles. The third kappa shape index (κ3) is 4.93. The summed E-state index contributed by atoms with van der Waals surface area (Å²) in [6.07, 6.45) is 0. The van der Waals surface area contributed by atoms with E-state index >= 15 is 0 Å². The highest BCUT2D eigenvalue weighted by atomic mass is 32.1. The standard InChI is InChI=1S/C44H26N4OS/c1-3-11-27(12-4-1)31-17-9-18-32(23-31)41-46-42(33-22-21-28-13-7-8-16-30(28)24-33)48-43(47-41)34-19-10-20-37-40(34)35-25-39-36(26-38(35)49-37)45-44(50-39)29-14-5-2-6-15-29/h1-26H. The first-order valence-electron chi connectivity index (χ1n) is 16.5. The zero-order valence-corrected chi connectivity index (χ0v) is 27.4. The van der Waals surface area contributed by atoms with Crippen LogP contribution in [0.4, 0.5) is 0 Å². The van der Waals surface area contributed by atoms with Crippen molar-refractivity contribution in [1.82, 2.24) is 19.9 Å². The summed E-state index contributed by atoms with van der Waals surface area (Å²) in [6.45, 7) is 0. The van der Waals surface area contributed by atoms with Crippen LogP contribution in [0, 0.1) is 0 Å². The lowest BCUT2D eigenvalue weighted by molar-refractivity contribution is 0.669. The number of thiazole rings is 1. The number of hydrogen-bond acceptors (Lipinski definition) is 6. The predicted octanol–water partition coefficient (Wildman–Crippen LogP) is 11.9. The summed E-state index contributed by atoms with van der Waals surface area (Å²) in [7, 11) is 0. The van der Waals surface area contributed by atoms with Gasteiger partial charge in [-0.05, 0) is 46.2 Å². The van der Waals surface area contributed by atoms with Gasteiger partial charge in [0.05, 0.1) is 10.2 Å². The summed E-state index contributed by atoms with van der Waals surface area (Å²) in [4.78, 5) is 20.4. The highest BCUT2D eigenvalue weighted by Gasteiger charge is 2.20. The second kappa shape index (κ2) is 11.6. The second-order valence-corrected chi connectivity index (χ2v) is 13.3. The fraction of sp³-hybridized carbons (Fsp3) is 0. The molecule has 3 heterocycles. The van der Waals surface area contributed by atoms with Crippen molar-refractivity contribution < 1.29 is 4.42 Å². The van der Waals surface area contributed by atoms with Crippen LogP contribution in [0.3, 0.4) is 0 Å². The van der Waals surface area contributed by atoms with Crippen LogP contribution in [-0.4, -0.2) is 19.9 Å². The minimum absolute atomic E-state index is 0.589. The van der Waals surface area contributed by atoms with Gasteiger partial charge in [0.2, 0.25) is 0 Å². The maximum atomic E-state index is 6.47. The Morgan fingerprint density at radius 2 is 1.08 bits per heavy atom. The maximum absolute atomic E-state index is 6.47. The zero-order valence-electron chi connectivity index (χ0n) is 26.6. The van der Waals surface area contributed by atoms with Crippen LogP contribution in [0.25, 0.3) is 98.8 Å². The molecule has 0 unspecified atom stereocenters. The van der Waals surface area contributed by atoms with Gasteiger partial charge in [0.1, 0.15) is 16.2 Å². The first-order chi connectivity index (χ1) is 24.7. The Hall–Kier alpha value is -6.50. The van der Waals surface area contributed by atoms with Crippen molar-refractivity contribution in [2.24, 2.45) is 0 Å². The molecule has 0 aliphatic carbocycles. The monoisotopic (exact) mass is 658 g/mol. The second-order valence-electron chi connectivity index (χ2n) is 12.3. The van der Waals surface area contributed by atoms with Crippen LogP contribution in [0.5, 0.6) is 0 Å². The lowest BCUT2D eigenvalue weighted by Crippen LogP contribution is -2.00. The van der Waals surface area contributed by atoms with E-state index in [9.17, 15) is 0 Å². The molecule has 0 amide bonds. The number of rotatable bonds is 5. The third-order valence-corrected chi connectivity index (χ3v) is 10.2. The molecule has 5 nitrogen and oxygen atoms in total. The van der Waals surface area contributed by atoms with Crippen molar-refractivity contribution in [3.63, 3.8) is 0 Å². The Balaban J connectivity index is 1.19. The average Bonchev–Trinajstić information content (AvgIpc) is 3.78. The molecular formula is C44H26N4OS. The van der Waals surface area contributed by atoms with Crippen LogP contribution in [0.2, 0.25) is 0 Å². The van der Waals surface area contributed by atoms with Crippen LogP contribution in [0.1, 0.15) is 0 Å². The minimum Gasteiger partial charge on any atom is -0.456 e. The lowest BCUT2D eigenvalue weighted by Gasteiger charge is -2.11. The third-order valence-electron chi connectivity index (χ3n) is 9.14. The number of furan rings is 1. The zero-order chi connectivity index (χ0) is 33.0. The fourth-order valence-electron chi connectivity index (χ4n) is 6.69. The van der Waals surface area contributed by atoms with E-state index in [1.165, 1.54) is 5.39 Å². The molecule has 0 radical (unpaired) electrons. The highest BCUT2D eigenvalue weighted by molar-refractivity contribution is 7.21. The van der Waals surface area contributed by atoms with Crippen molar-refractivity contribution in [1.29, 1.82) is 0 Å². The Labute approximate surface area is 291 Å². The summed E-state index contributed by atoms with van der Waals surface area (Å²) in [5, 5.41) is 5.26. The van der Waals surface area contributed by atoms with Crippen molar-refractivity contribution >= 4 is 54.3 Å². The first-order valence-corrected chi connectivity index (χ1v) is 17.3. The summed E-state index contributed by atoms with van der Waals surface area (Å²) < 4.78 is 7.57. The van der Waals surface area contributed by atoms with Gasteiger partial charge in [-0.25, -0.2) is 19.9 Å². The smallest absolute Gasteiger partial charge is 0.164 e. The van der Waals surface area contributed by atoms with E-state index in [-0.39, 0.29) is 0 Å². The van der Waals surface area contributed by atoms with Gasteiger partial charge in [0, 0.05) is 39.1 Å². The molecule has 0 aliphatic rings. The van der Waals surface area contributed by atoms with E-state index in [2.05, 4.69) is 115 Å². The molecule has 6 heteroatoms. The molecule has 0 fully saturated rings. The van der Waals surface area contributed by atoms with Crippen molar-refractivity contribution in [2.45, 2.75) is 0 Å². The Bertz CT molecular complexity index is 2880. The topological polar surface area (TPSA) is 64.7 Å². The Morgan fingerprint density at radius 3 is 1.90 bits per heavy atom. The number of benzene rings is 7. The number of hydrogen-bond donors (Lipinski definition) is 0. The lowest BCUT2D eigenvalue weighted by atomic mass is 10.0. The van der Waals surface area contributed by atoms with Gasteiger partial charge in [-0.2, -0.15) is 0 Å². The molecule has 0 bridgehead atoms. The summed E-state index contributed by atoms with van der Waals surface area (Å²) in [6, 6.07) is 54.1. The van der Waals surface area contributed by atoms with Gasteiger partial charge >= 0.3 is 0 Å². The first kappa shape index (κ1) is 28.5. The molecular weight excluding hydrogens is 633 g/mol. The predicted molar refractivity (Wildman–Crippen MR) is 205 cm³/mol. The number of nitrogens with zero attached hydrogens (tertiary/aromatic N) is 4. The van der Waals surface area contributed by atoms with Gasteiger partial charge in [-0.15, -0.1) is 11.3 Å². The van der Waals surface area contributed by atoms with Crippen molar-refractivity contribution in [3.8, 4) is 55.9 Å². The molecule has 234 valence electrons. The molecule has 0 atom stereocenters. The fourth-order valence-corrected chi connectivity index (χ4v) is 7.68. The van der Waals surface area contributed by atoms with E-state index in [0.29, 0.717) is 17.5 Å². The largest absolute Gasteiger partial charge is 0.456 e. The molecule has 0 N–H and O–H groups in total. The summed E-state index contributed by atoms with van der Waals surface area (Å²) in [5.74, 6) is 1.81. The molecule has 10 aromatic rings. The van der Waals surface area contributed by atoms with E-state index in [4.69, 9.17) is 24.4 Å². The van der Waals surface area contributed by atoms with Gasteiger partial charge in [-0.1, -0.05) is 127 Å². The molecule has 50 heavy (non-hydrogen) atoms. The normalized spacial score (nSPS) is 11.6. The van der Waals surface area contributed by atoms with Gasteiger partial charge < -0.3 is 4.42 Å². The molecule has 3 aromatic heterocycles. The molecule has 10 rings (SSSR count). The van der Waals surface area contributed by atoms with Crippen molar-refractivity contribution in [2.75, 3.05) is 0 Å². The van der Waals surface area contributed by atoms with Crippen LogP contribution in [0.15, 0.2) is 162 Å².